The number of piperidine rings is 1. The Morgan fingerprint density at radius 1 is 1.06 bits per heavy atom. The molecule has 88 valence electrons. The van der Waals surface area contributed by atoms with Crippen molar-refractivity contribution in [1.29, 1.82) is 0 Å². The van der Waals surface area contributed by atoms with Gasteiger partial charge in [0.25, 0.3) is 0 Å². The third kappa shape index (κ3) is 3.13. The van der Waals surface area contributed by atoms with Crippen LogP contribution in [0.3, 0.4) is 0 Å². The highest BCUT2D eigenvalue weighted by Crippen LogP contribution is 2.26. The molecular weight excluding hydrogens is 194 g/mol. The second-order valence-corrected chi connectivity index (χ2v) is 4.01. The van der Waals surface area contributed by atoms with E-state index >= 15 is 0 Å². The molecule has 1 aliphatic heterocycles. The molecule has 2 rings (SSSR count). The predicted octanol–water partition coefficient (Wildman–Crippen LogP) is 4.53. The van der Waals surface area contributed by atoms with E-state index in [1.165, 1.54) is 29.8 Å². The standard InChI is InChI=1S/C13H17N.C2H6/c1-11-6-8-13(9-7-11)14-10-4-3-5-12(14)2;1-2/h6-9H,2-5,10H2,1H3;1-2H3. The van der Waals surface area contributed by atoms with Crippen LogP contribution in [-0.2, 0) is 0 Å². The van der Waals surface area contributed by atoms with Gasteiger partial charge in [0.1, 0.15) is 0 Å². The zero-order valence-corrected chi connectivity index (χ0v) is 10.8. The van der Waals surface area contributed by atoms with Crippen molar-refractivity contribution in [3.8, 4) is 0 Å². The van der Waals surface area contributed by atoms with E-state index in [9.17, 15) is 0 Å². The molecule has 1 aromatic carbocycles. The minimum atomic E-state index is 1.13. The third-order valence-electron chi connectivity index (χ3n) is 2.82. The maximum absolute atomic E-state index is 4.12. The number of anilines is 1. The highest BCUT2D eigenvalue weighted by Gasteiger charge is 2.13. The van der Waals surface area contributed by atoms with Gasteiger partial charge >= 0.3 is 0 Å². The first-order chi connectivity index (χ1) is 7.77. The Balaban J connectivity index is 0.000000606. The van der Waals surface area contributed by atoms with Crippen LogP contribution in [0, 0.1) is 6.92 Å². The average molecular weight is 217 g/mol. The number of aryl methyl sites for hydroxylation is 1. The van der Waals surface area contributed by atoms with Crippen molar-refractivity contribution >= 4 is 5.69 Å². The maximum Gasteiger partial charge on any atom is 0.0408 e. The lowest BCUT2D eigenvalue weighted by Crippen LogP contribution is -2.26. The minimum Gasteiger partial charge on any atom is -0.346 e. The Morgan fingerprint density at radius 2 is 1.69 bits per heavy atom. The molecule has 1 heterocycles. The van der Waals surface area contributed by atoms with Crippen LogP contribution in [0.2, 0.25) is 0 Å². The fraction of sp³-hybridized carbons (Fsp3) is 0.467. The van der Waals surface area contributed by atoms with E-state index < -0.39 is 0 Å². The van der Waals surface area contributed by atoms with Gasteiger partial charge in [0.2, 0.25) is 0 Å². The molecule has 0 saturated carbocycles. The SMILES string of the molecule is C=C1CCCCN1c1ccc(C)cc1.CC. The van der Waals surface area contributed by atoms with Crippen LogP contribution in [-0.4, -0.2) is 6.54 Å². The molecule has 0 spiro atoms. The van der Waals surface area contributed by atoms with Gasteiger partial charge in [-0.3, -0.25) is 0 Å². The van der Waals surface area contributed by atoms with Crippen molar-refractivity contribution in [1.82, 2.24) is 0 Å². The summed E-state index contributed by atoms with van der Waals surface area (Å²) in [4.78, 5) is 2.34. The first kappa shape index (κ1) is 12.8. The molecule has 1 saturated heterocycles. The van der Waals surface area contributed by atoms with E-state index in [-0.39, 0.29) is 0 Å². The maximum atomic E-state index is 4.12. The van der Waals surface area contributed by atoms with Gasteiger partial charge in [0.15, 0.2) is 0 Å². The molecule has 1 aromatic rings. The van der Waals surface area contributed by atoms with Crippen LogP contribution in [0.1, 0.15) is 38.7 Å². The Labute approximate surface area is 99.8 Å². The van der Waals surface area contributed by atoms with Crippen LogP contribution in [0.15, 0.2) is 36.5 Å². The Hall–Kier alpha value is -1.24. The summed E-state index contributed by atoms with van der Waals surface area (Å²) in [6.45, 7) is 11.4. The molecule has 0 unspecified atom stereocenters. The van der Waals surface area contributed by atoms with E-state index in [2.05, 4.69) is 42.7 Å². The molecule has 0 aliphatic carbocycles. The van der Waals surface area contributed by atoms with E-state index in [0.29, 0.717) is 0 Å². The van der Waals surface area contributed by atoms with Crippen molar-refractivity contribution in [3.63, 3.8) is 0 Å². The van der Waals surface area contributed by atoms with Crippen LogP contribution >= 0.6 is 0 Å². The second kappa shape index (κ2) is 6.37. The van der Waals surface area contributed by atoms with Gasteiger partial charge < -0.3 is 4.90 Å². The number of allylic oxidation sites excluding steroid dienone is 1. The molecule has 0 aromatic heterocycles. The number of hydrogen-bond donors (Lipinski definition) is 0. The van der Waals surface area contributed by atoms with Crippen LogP contribution in [0.4, 0.5) is 5.69 Å². The first-order valence-electron chi connectivity index (χ1n) is 6.29. The largest absolute Gasteiger partial charge is 0.346 e. The lowest BCUT2D eigenvalue weighted by molar-refractivity contribution is 0.641. The van der Waals surface area contributed by atoms with E-state index in [1.54, 1.807) is 0 Å². The molecular formula is C15H23N. The van der Waals surface area contributed by atoms with Gasteiger partial charge in [-0.25, -0.2) is 0 Å². The van der Waals surface area contributed by atoms with Gasteiger partial charge in [0, 0.05) is 17.9 Å². The molecule has 0 amide bonds. The zero-order chi connectivity index (χ0) is 12.0. The van der Waals surface area contributed by atoms with Crippen molar-refractivity contribution in [3.05, 3.63) is 42.1 Å². The summed E-state index contributed by atoms with van der Waals surface area (Å²) in [5, 5.41) is 0. The van der Waals surface area contributed by atoms with Crippen molar-refractivity contribution in [2.75, 3.05) is 11.4 Å². The van der Waals surface area contributed by atoms with Crippen LogP contribution < -0.4 is 4.90 Å². The molecule has 0 atom stereocenters. The van der Waals surface area contributed by atoms with Crippen LogP contribution in [0.25, 0.3) is 0 Å². The lowest BCUT2D eigenvalue weighted by Gasteiger charge is -2.31. The monoisotopic (exact) mass is 217 g/mol. The molecule has 1 nitrogen and oxygen atoms in total. The van der Waals surface area contributed by atoms with Crippen LogP contribution in [0.5, 0.6) is 0 Å². The quantitative estimate of drug-likeness (QED) is 0.668. The molecule has 0 N–H and O–H groups in total. The topological polar surface area (TPSA) is 3.24 Å². The molecule has 1 heteroatoms. The lowest BCUT2D eigenvalue weighted by atomic mass is 10.1. The molecule has 0 radical (unpaired) electrons. The summed E-state index contributed by atoms with van der Waals surface area (Å²) in [7, 11) is 0. The van der Waals surface area contributed by atoms with E-state index in [0.717, 1.165) is 13.0 Å². The van der Waals surface area contributed by atoms with E-state index in [1.807, 2.05) is 13.8 Å². The van der Waals surface area contributed by atoms with Gasteiger partial charge in [-0.1, -0.05) is 38.1 Å². The number of nitrogens with zero attached hydrogens (tertiary/aromatic N) is 1. The first-order valence-corrected chi connectivity index (χ1v) is 6.29. The number of benzene rings is 1. The summed E-state index contributed by atoms with van der Waals surface area (Å²) in [6.07, 6.45) is 3.72. The Bertz CT molecular complexity index is 324. The van der Waals surface area contributed by atoms with E-state index in [4.69, 9.17) is 0 Å². The average Bonchev–Trinajstić information content (AvgIpc) is 2.34. The molecule has 1 fully saturated rings. The highest BCUT2D eigenvalue weighted by molar-refractivity contribution is 5.52. The Kier molecular flexibility index (Phi) is 5.10. The number of rotatable bonds is 1. The fourth-order valence-electron chi connectivity index (χ4n) is 1.93. The smallest absolute Gasteiger partial charge is 0.0408 e. The highest BCUT2D eigenvalue weighted by atomic mass is 15.1. The minimum absolute atomic E-state index is 1.13. The molecule has 1 aliphatic rings. The fourth-order valence-corrected chi connectivity index (χ4v) is 1.93. The number of hydrogen-bond acceptors (Lipinski definition) is 1. The van der Waals surface area contributed by atoms with Gasteiger partial charge in [-0.2, -0.15) is 0 Å². The summed E-state index contributed by atoms with van der Waals surface area (Å²) < 4.78 is 0. The second-order valence-electron chi connectivity index (χ2n) is 4.01. The summed E-state index contributed by atoms with van der Waals surface area (Å²) >= 11 is 0. The third-order valence-corrected chi connectivity index (χ3v) is 2.82. The van der Waals surface area contributed by atoms with Gasteiger partial charge in [-0.05, 0) is 38.3 Å². The van der Waals surface area contributed by atoms with Gasteiger partial charge in [-0.15, -0.1) is 0 Å². The molecule has 16 heavy (non-hydrogen) atoms. The summed E-state index contributed by atoms with van der Waals surface area (Å²) in [5.41, 5.74) is 3.87. The molecule has 0 bridgehead atoms. The summed E-state index contributed by atoms with van der Waals surface area (Å²) in [6, 6.07) is 8.70. The Morgan fingerprint density at radius 3 is 2.25 bits per heavy atom. The predicted molar refractivity (Wildman–Crippen MR) is 72.9 cm³/mol. The van der Waals surface area contributed by atoms with Gasteiger partial charge in [0.05, 0.1) is 0 Å². The zero-order valence-electron chi connectivity index (χ0n) is 10.8. The van der Waals surface area contributed by atoms with Crippen molar-refractivity contribution in [2.45, 2.75) is 40.0 Å². The van der Waals surface area contributed by atoms with Crippen molar-refractivity contribution in [2.24, 2.45) is 0 Å². The normalized spacial score (nSPS) is 15.4. The van der Waals surface area contributed by atoms with Crippen molar-refractivity contribution < 1.29 is 0 Å². The summed E-state index contributed by atoms with van der Waals surface area (Å²) in [5.74, 6) is 0.